The molecule has 6 heteroatoms. The summed E-state index contributed by atoms with van der Waals surface area (Å²) in [5, 5.41) is 7.31. The number of benzene rings is 2. The Labute approximate surface area is 163 Å². The Bertz CT molecular complexity index is 1010. The van der Waals surface area contributed by atoms with Crippen molar-refractivity contribution in [3.05, 3.63) is 82.6 Å². The van der Waals surface area contributed by atoms with Crippen LogP contribution in [0.4, 0.5) is 0 Å². The fourth-order valence-corrected chi connectivity index (χ4v) is 2.93. The summed E-state index contributed by atoms with van der Waals surface area (Å²) in [6.45, 7) is 3.69. The van der Waals surface area contributed by atoms with E-state index in [1.165, 1.54) is 10.7 Å². The standard InChI is InChI=1S/C22H23N3O3/c1-22(2,17-7-5-4-6-8-17)23-20(26)15-25-21(27)14-13-19(24-25)16-9-11-18(28-3)12-10-16/h4-14H,15H2,1-3H3,(H,23,26). The minimum absolute atomic E-state index is 0.154. The highest BCUT2D eigenvalue weighted by Crippen LogP contribution is 2.20. The number of hydrogen-bond donors (Lipinski definition) is 1. The maximum absolute atomic E-state index is 12.6. The van der Waals surface area contributed by atoms with Gasteiger partial charge in [0, 0.05) is 11.6 Å². The van der Waals surface area contributed by atoms with Crippen LogP contribution in [0, 0.1) is 0 Å². The Morgan fingerprint density at radius 1 is 1.04 bits per heavy atom. The number of amides is 1. The molecule has 0 radical (unpaired) electrons. The minimum Gasteiger partial charge on any atom is -0.497 e. The van der Waals surface area contributed by atoms with Crippen LogP contribution in [0.1, 0.15) is 19.4 Å². The molecule has 1 N–H and O–H groups in total. The normalized spacial score (nSPS) is 11.1. The van der Waals surface area contributed by atoms with E-state index < -0.39 is 5.54 Å². The van der Waals surface area contributed by atoms with Crippen LogP contribution in [-0.4, -0.2) is 22.8 Å². The number of hydrogen-bond acceptors (Lipinski definition) is 4. The van der Waals surface area contributed by atoms with Crippen LogP contribution in [0.3, 0.4) is 0 Å². The maximum atomic E-state index is 12.6. The van der Waals surface area contributed by atoms with E-state index in [9.17, 15) is 9.59 Å². The van der Waals surface area contributed by atoms with Crippen molar-refractivity contribution in [2.75, 3.05) is 7.11 Å². The van der Waals surface area contributed by atoms with Gasteiger partial charge in [0.1, 0.15) is 12.3 Å². The van der Waals surface area contributed by atoms with Gasteiger partial charge in [-0.2, -0.15) is 5.10 Å². The predicted octanol–water partition coefficient (Wildman–Crippen LogP) is 2.97. The van der Waals surface area contributed by atoms with Gasteiger partial charge < -0.3 is 10.1 Å². The molecule has 2 aromatic carbocycles. The van der Waals surface area contributed by atoms with Crippen molar-refractivity contribution in [2.45, 2.75) is 25.9 Å². The maximum Gasteiger partial charge on any atom is 0.267 e. The molecule has 0 aliphatic heterocycles. The quantitative estimate of drug-likeness (QED) is 0.717. The third-order valence-corrected chi connectivity index (χ3v) is 4.49. The summed E-state index contributed by atoms with van der Waals surface area (Å²) in [5.41, 5.74) is 1.53. The molecule has 6 nitrogen and oxygen atoms in total. The topological polar surface area (TPSA) is 73.2 Å². The van der Waals surface area contributed by atoms with Crippen molar-refractivity contribution in [3.63, 3.8) is 0 Å². The zero-order chi connectivity index (χ0) is 20.1. The van der Waals surface area contributed by atoms with Crippen LogP contribution in [-0.2, 0) is 16.9 Å². The van der Waals surface area contributed by atoms with Gasteiger partial charge in [-0.05, 0) is 49.7 Å². The first kappa shape index (κ1) is 19.4. The summed E-state index contributed by atoms with van der Waals surface area (Å²) in [6.07, 6.45) is 0. The molecule has 1 aromatic heterocycles. The molecule has 0 saturated heterocycles. The fourth-order valence-electron chi connectivity index (χ4n) is 2.93. The van der Waals surface area contributed by atoms with E-state index in [4.69, 9.17) is 4.74 Å². The second-order valence-corrected chi connectivity index (χ2v) is 6.98. The molecule has 3 aromatic rings. The predicted molar refractivity (Wildman–Crippen MR) is 108 cm³/mol. The van der Waals surface area contributed by atoms with E-state index in [1.54, 1.807) is 13.2 Å². The molecule has 0 aliphatic rings. The first-order chi connectivity index (χ1) is 13.4. The number of carbonyl (C=O) groups excluding carboxylic acids is 1. The molecule has 1 heterocycles. The van der Waals surface area contributed by atoms with Crippen LogP contribution < -0.4 is 15.6 Å². The molecule has 0 bridgehead atoms. The van der Waals surface area contributed by atoms with Crippen molar-refractivity contribution in [1.82, 2.24) is 15.1 Å². The monoisotopic (exact) mass is 377 g/mol. The highest BCUT2D eigenvalue weighted by molar-refractivity contribution is 5.76. The van der Waals surface area contributed by atoms with Gasteiger partial charge in [0.2, 0.25) is 5.91 Å². The fraction of sp³-hybridized carbons (Fsp3) is 0.227. The average molecular weight is 377 g/mol. The first-order valence-corrected chi connectivity index (χ1v) is 8.98. The molecule has 144 valence electrons. The minimum atomic E-state index is -0.560. The SMILES string of the molecule is COc1ccc(-c2ccc(=O)n(CC(=O)NC(C)(C)c3ccccc3)n2)cc1. The Hall–Kier alpha value is -3.41. The van der Waals surface area contributed by atoms with E-state index in [1.807, 2.05) is 68.4 Å². The second-order valence-electron chi connectivity index (χ2n) is 6.98. The molecule has 0 fully saturated rings. The van der Waals surface area contributed by atoms with Crippen molar-refractivity contribution in [1.29, 1.82) is 0 Å². The number of ether oxygens (including phenoxy) is 1. The highest BCUT2D eigenvalue weighted by Gasteiger charge is 2.23. The highest BCUT2D eigenvalue weighted by atomic mass is 16.5. The lowest BCUT2D eigenvalue weighted by Crippen LogP contribution is -2.44. The number of aromatic nitrogens is 2. The Kier molecular flexibility index (Phi) is 5.59. The van der Waals surface area contributed by atoms with Gasteiger partial charge in [0.15, 0.2) is 0 Å². The van der Waals surface area contributed by atoms with Gasteiger partial charge in [-0.1, -0.05) is 30.3 Å². The molecule has 1 amide bonds. The summed E-state index contributed by atoms with van der Waals surface area (Å²) in [4.78, 5) is 24.7. The van der Waals surface area contributed by atoms with Gasteiger partial charge in [-0.25, -0.2) is 4.68 Å². The molecule has 0 saturated carbocycles. The molecule has 0 atom stereocenters. The summed E-state index contributed by atoms with van der Waals surface area (Å²) in [6, 6.07) is 20.1. The van der Waals surface area contributed by atoms with Crippen LogP contribution >= 0.6 is 0 Å². The molecule has 3 rings (SSSR count). The van der Waals surface area contributed by atoms with E-state index in [2.05, 4.69) is 10.4 Å². The zero-order valence-electron chi connectivity index (χ0n) is 16.2. The molecule has 0 unspecified atom stereocenters. The van der Waals surface area contributed by atoms with E-state index >= 15 is 0 Å². The summed E-state index contributed by atoms with van der Waals surface area (Å²) < 4.78 is 6.33. The zero-order valence-corrected chi connectivity index (χ0v) is 16.2. The Morgan fingerprint density at radius 2 is 1.71 bits per heavy atom. The summed E-state index contributed by atoms with van der Waals surface area (Å²) in [5.74, 6) is 0.454. The van der Waals surface area contributed by atoms with Gasteiger partial charge in [-0.3, -0.25) is 9.59 Å². The van der Waals surface area contributed by atoms with Crippen molar-refractivity contribution < 1.29 is 9.53 Å². The average Bonchev–Trinajstić information content (AvgIpc) is 2.70. The molecule has 28 heavy (non-hydrogen) atoms. The van der Waals surface area contributed by atoms with E-state index in [-0.39, 0.29) is 18.0 Å². The van der Waals surface area contributed by atoms with Gasteiger partial charge in [-0.15, -0.1) is 0 Å². The summed E-state index contributed by atoms with van der Waals surface area (Å²) >= 11 is 0. The number of nitrogens with zero attached hydrogens (tertiary/aromatic N) is 2. The molecule has 0 spiro atoms. The van der Waals surface area contributed by atoms with E-state index in [0.717, 1.165) is 16.9 Å². The number of nitrogens with one attached hydrogen (secondary N) is 1. The molecular weight excluding hydrogens is 354 g/mol. The van der Waals surface area contributed by atoms with Crippen molar-refractivity contribution in [3.8, 4) is 17.0 Å². The first-order valence-electron chi connectivity index (χ1n) is 8.98. The number of carbonyl (C=O) groups is 1. The van der Waals surface area contributed by atoms with Crippen LogP contribution in [0.2, 0.25) is 0 Å². The van der Waals surface area contributed by atoms with Crippen LogP contribution in [0.15, 0.2) is 71.5 Å². The third kappa shape index (κ3) is 4.46. The smallest absolute Gasteiger partial charge is 0.267 e. The lowest BCUT2D eigenvalue weighted by molar-refractivity contribution is -0.123. The van der Waals surface area contributed by atoms with Gasteiger partial charge in [0.05, 0.1) is 18.3 Å². The Morgan fingerprint density at radius 3 is 2.36 bits per heavy atom. The molecule has 0 aliphatic carbocycles. The van der Waals surface area contributed by atoms with Crippen molar-refractivity contribution in [2.24, 2.45) is 0 Å². The van der Waals surface area contributed by atoms with Crippen LogP contribution in [0.25, 0.3) is 11.3 Å². The van der Waals surface area contributed by atoms with Gasteiger partial charge in [0.25, 0.3) is 5.56 Å². The Balaban J connectivity index is 1.78. The number of methoxy groups -OCH3 is 1. The van der Waals surface area contributed by atoms with Crippen LogP contribution in [0.5, 0.6) is 5.75 Å². The number of rotatable bonds is 6. The van der Waals surface area contributed by atoms with Gasteiger partial charge >= 0.3 is 0 Å². The lowest BCUT2D eigenvalue weighted by atomic mass is 9.94. The van der Waals surface area contributed by atoms with Crippen molar-refractivity contribution >= 4 is 5.91 Å². The lowest BCUT2D eigenvalue weighted by Gasteiger charge is -2.27. The van der Waals surface area contributed by atoms with E-state index in [0.29, 0.717) is 5.69 Å². The summed E-state index contributed by atoms with van der Waals surface area (Å²) in [7, 11) is 1.60. The second kappa shape index (κ2) is 8.08. The molecular formula is C22H23N3O3. The third-order valence-electron chi connectivity index (χ3n) is 4.49. The largest absolute Gasteiger partial charge is 0.497 e.